The summed E-state index contributed by atoms with van der Waals surface area (Å²) in [5, 5.41) is 10.6. The minimum Gasteiger partial charge on any atom is -0.230 e. The van der Waals surface area contributed by atoms with Crippen LogP contribution >= 0.6 is 34.2 Å². The van der Waals surface area contributed by atoms with Gasteiger partial charge in [0, 0.05) is 0 Å². The zero-order valence-corrected chi connectivity index (χ0v) is 10.7. The monoisotopic (exact) mass is 335 g/mol. The van der Waals surface area contributed by atoms with Crippen molar-refractivity contribution in [2.75, 3.05) is 0 Å². The quantitative estimate of drug-likeness (QED) is 0.674. The Morgan fingerprint density at radius 2 is 2.27 bits per heavy atom. The number of aromatic nitrogens is 5. The van der Waals surface area contributed by atoms with E-state index >= 15 is 0 Å². The second-order valence-electron chi connectivity index (χ2n) is 2.81. The summed E-state index contributed by atoms with van der Waals surface area (Å²) in [5.41, 5.74) is 1.52. The molecular formula is C8H7ClIN5. The molecule has 2 heterocycles. The molecule has 1 N–H and O–H groups in total. The van der Waals surface area contributed by atoms with E-state index in [1.165, 1.54) is 0 Å². The van der Waals surface area contributed by atoms with Crippen molar-refractivity contribution in [2.45, 2.75) is 13.3 Å². The van der Waals surface area contributed by atoms with Gasteiger partial charge in [-0.15, -0.1) is 0 Å². The first-order valence-electron chi connectivity index (χ1n) is 4.30. The molecular weight excluding hydrogens is 328 g/mol. The molecule has 0 atom stereocenters. The summed E-state index contributed by atoms with van der Waals surface area (Å²) in [6.45, 7) is 2.02. The number of nitrogens with one attached hydrogen (secondary N) is 1. The van der Waals surface area contributed by atoms with Crippen LogP contribution < -0.4 is 0 Å². The zero-order valence-electron chi connectivity index (χ0n) is 7.83. The van der Waals surface area contributed by atoms with Crippen LogP contribution in [0.1, 0.15) is 12.6 Å². The largest absolute Gasteiger partial charge is 0.230 e. The molecule has 0 saturated carbocycles. The molecule has 0 aliphatic heterocycles. The number of aryl methyl sites for hydroxylation is 1. The fourth-order valence-electron chi connectivity index (χ4n) is 1.12. The van der Waals surface area contributed by atoms with Crippen molar-refractivity contribution in [3.05, 3.63) is 20.6 Å². The Bertz CT molecular complexity index is 470. The molecule has 2 aromatic rings. The average Bonchev–Trinajstić information content (AvgIpc) is 2.75. The van der Waals surface area contributed by atoms with Crippen molar-refractivity contribution in [1.29, 1.82) is 0 Å². The fraction of sp³-hybridized carbons (Fsp3) is 0.250. The first-order chi connectivity index (χ1) is 7.22. The van der Waals surface area contributed by atoms with Crippen molar-refractivity contribution in [2.24, 2.45) is 0 Å². The van der Waals surface area contributed by atoms with Gasteiger partial charge in [-0.05, 0) is 29.0 Å². The highest BCUT2D eigenvalue weighted by molar-refractivity contribution is 14.1. The second kappa shape index (κ2) is 4.40. The summed E-state index contributed by atoms with van der Waals surface area (Å²) in [6.07, 6.45) is 2.38. The summed E-state index contributed by atoms with van der Waals surface area (Å²) in [6, 6.07) is 0. The predicted octanol–water partition coefficient (Wildman–Crippen LogP) is 2.08. The molecule has 0 fully saturated rings. The molecule has 2 aromatic heterocycles. The Morgan fingerprint density at radius 1 is 1.47 bits per heavy atom. The van der Waals surface area contributed by atoms with E-state index in [2.05, 4.69) is 48.0 Å². The summed E-state index contributed by atoms with van der Waals surface area (Å²) in [4.78, 5) is 8.52. The smallest absolute Gasteiger partial charge is 0.183 e. The number of halogens is 2. The van der Waals surface area contributed by atoms with Crippen LogP contribution in [0.4, 0.5) is 0 Å². The minimum absolute atomic E-state index is 0.459. The van der Waals surface area contributed by atoms with Gasteiger partial charge in [-0.1, -0.05) is 18.5 Å². The van der Waals surface area contributed by atoms with Crippen LogP contribution in [-0.2, 0) is 6.42 Å². The maximum Gasteiger partial charge on any atom is 0.183 e. The molecule has 15 heavy (non-hydrogen) atoms. The van der Waals surface area contributed by atoms with Gasteiger partial charge in [0.1, 0.15) is 10.8 Å². The third-order valence-electron chi connectivity index (χ3n) is 1.86. The molecule has 0 aliphatic rings. The molecule has 0 aliphatic carbocycles. The molecule has 0 amide bonds. The lowest BCUT2D eigenvalue weighted by Crippen LogP contribution is -1.99. The van der Waals surface area contributed by atoms with Crippen LogP contribution in [0.5, 0.6) is 0 Å². The van der Waals surface area contributed by atoms with Gasteiger partial charge >= 0.3 is 0 Å². The van der Waals surface area contributed by atoms with Crippen LogP contribution in [-0.4, -0.2) is 25.4 Å². The number of hydrogen-bond acceptors (Lipinski definition) is 4. The lowest BCUT2D eigenvalue weighted by atomic mass is 10.3. The Morgan fingerprint density at radius 3 is 2.87 bits per heavy atom. The van der Waals surface area contributed by atoms with Gasteiger partial charge in [0.25, 0.3) is 0 Å². The van der Waals surface area contributed by atoms with E-state index in [0.29, 0.717) is 16.7 Å². The highest BCUT2D eigenvalue weighted by atomic mass is 127. The van der Waals surface area contributed by atoms with E-state index in [4.69, 9.17) is 11.6 Å². The summed E-state index contributed by atoms with van der Waals surface area (Å²) in [7, 11) is 0. The van der Waals surface area contributed by atoms with Gasteiger partial charge in [-0.25, -0.2) is 9.97 Å². The van der Waals surface area contributed by atoms with Gasteiger partial charge in [0.2, 0.25) is 0 Å². The molecule has 2 rings (SSSR count). The minimum atomic E-state index is 0.459. The number of hydrogen-bond donors (Lipinski definition) is 1. The average molecular weight is 336 g/mol. The maximum absolute atomic E-state index is 6.00. The Kier molecular flexibility index (Phi) is 3.15. The van der Waals surface area contributed by atoms with Gasteiger partial charge in [0.05, 0.1) is 15.5 Å². The zero-order chi connectivity index (χ0) is 10.8. The summed E-state index contributed by atoms with van der Waals surface area (Å²) < 4.78 is 0.893. The van der Waals surface area contributed by atoms with Crippen LogP contribution in [0, 0.1) is 3.57 Å². The van der Waals surface area contributed by atoms with Gasteiger partial charge < -0.3 is 0 Å². The van der Waals surface area contributed by atoms with E-state index in [9.17, 15) is 0 Å². The third kappa shape index (κ3) is 2.10. The Labute approximate surface area is 105 Å². The first kappa shape index (κ1) is 10.7. The molecule has 78 valence electrons. The van der Waals surface area contributed by atoms with E-state index in [-0.39, 0.29) is 0 Å². The lowest BCUT2D eigenvalue weighted by Gasteiger charge is -2.03. The van der Waals surface area contributed by atoms with Gasteiger partial charge in [0.15, 0.2) is 5.82 Å². The van der Waals surface area contributed by atoms with Crippen LogP contribution in [0.2, 0.25) is 5.15 Å². The fourth-order valence-corrected chi connectivity index (χ4v) is 1.93. The van der Waals surface area contributed by atoms with Crippen molar-refractivity contribution >= 4 is 34.2 Å². The number of nitrogens with zero attached hydrogens (tertiary/aromatic N) is 4. The highest BCUT2D eigenvalue weighted by Gasteiger charge is 2.12. The molecule has 0 spiro atoms. The van der Waals surface area contributed by atoms with E-state index < -0.39 is 0 Å². The molecule has 0 aromatic carbocycles. The first-order valence-corrected chi connectivity index (χ1v) is 5.76. The van der Waals surface area contributed by atoms with Crippen LogP contribution in [0.25, 0.3) is 11.5 Å². The maximum atomic E-state index is 6.00. The second-order valence-corrected chi connectivity index (χ2v) is 4.24. The van der Waals surface area contributed by atoms with Crippen molar-refractivity contribution in [1.82, 2.24) is 25.4 Å². The molecule has 0 bridgehead atoms. The Balaban J connectivity index is 2.55. The number of H-pyrrole nitrogens is 1. The topological polar surface area (TPSA) is 67.3 Å². The predicted molar refractivity (Wildman–Crippen MR) is 64.5 cm³/mol. The van der Waals surface area contributed by atoms with Crippen LogP contribution in [0.3, 0.4) is 0 Å². The highest BCUT2D eigenvalue weighted by Crippen LogP contribution is 2.22. The van der Waals surface area contributed by atoms with Crippen molar-refractivity contribution in [3.8, 4) is 11.5 Å². The number of aromatic amines is 1. The lowest BCUT2D eigenvalue weighted by molar-refractivity contribution is 0.932. The molecule has 0 saturated heterocycles. The van der Waals surface area contributed by atoms with Gasteiger partial charge in [-0.2, -0.15) is 15.4 Å². The number of rotatable bonds is 2. The summed E-state index contributed by atoms with van der Waals surface area (Å²) in [5.74, 6) is 0.506. The third-order valence-corrected chi connectivity index (χ3v) is 3.58. The van der Waals surface area contributed by atoms with Crippen molar-refractivity contribution in [3.63, 3.8) is 0 Å². The van der Waals surface area contributed by atoms with Crippen molar-refractivity contribution < 1.29 is 0 Å². The van der Waals surface area contributed by atoms with E-state index in [1.54, 1.807) is 6.20 Å². The molecule has 0 radical (unpaired) electrons. The van der Waals surface area contributed by atoms with Crippen LogP contribution in [0.15, 0.2) is 6.20 Å². The summed E-state index contributed by atoms with van der Waals surface area (Å²) >= 11 is 8.14. The SMILES string of the molecule is CCc1nc(-c2cn[nH]n2)nc(Cl)c1I. The molecule has 5 nitrogen and oxygen atoms in total. The van der Waals surface area contributed by atoms with E-state index in [1.807, 2.05) is 6.92 Å². The Hall–Kier alpha value is -0.760. The van der Waals surface area contributed by atoms with E-state index in [0.717, 1.165) is 15.7 Å². The van der Waals surface area contributed by atoms with Gasteiger partial charge in [-0.3, -0.25) is 0 Å². The molecule has 7 heteroatoms. The standard InChI is InChI=1S/C8H7ClIN5/c1-2-4-6(10)7(9)13-8(12-4)5-3-11-15-14-5/h3H,2H2,1H3,(H,11,14,15). The normalized spacial score (nSPS) is 10.6. The molecule has 0 unspecified atom stereocenters.